The zero-order chi connectivity index (χ0) is 13.8. The minimum atomic E-state index is -1.85. The topological polar surface area (TPSA) is 26.3 Å². The third-order valence-corrected chi connectivity index (χ3v) is 10.7. The van der Waals surface area contributed by atoms with Crippen LogP contribution in [0, 0.1) is 11.8 Å². The number of Topliss-reactive ketones (excluding diaryl/α,β-unsaturated/α-hetero) is 1. The number of ketones is 1. The van der Waals surface area contributed by atoms with Crippen LogP contribution in [0.5, 0.6) is 0 Å². The highest BCUT2D eigenvalue weighted by molar-refractivity contribution is 8.00. The fraction of sp³-hybridized carbons (Fsp3) is 0.786. The molecule has 1 saturated carbocycles. The SMILES string of the molecule is CS[C@@]1(O[Si](C)(C)C(C)(C)C)[C@H]2C=C[C@H]1C(=O)C2. The lowest BCUT2D eigenvalue weighted by atomic mass is 10.1. The molecule has 102 valence electrons. The Hall–Kier alpha value is -0.0631. The molecule has 2 aliphatic rings. The van der Waals surface area contributed by atoms with E-state index in [0.717, 1.165) is 0 Å². The standard InChI is InChI=1S/C14H24O2SSi/c1-13(2,3)18(5,6)16-14(17-4)10-7-8-11(14)12(15)9-10/h7-8,10-11H,9H2,1-6H3/t10-,11-,14-/m0/s1. The Morgan fingerprint density at radius 2 is 2.00 bits per heavy atom. The Labute approximate surface area is 116 Å². The summed E-state index contributed by atoms with van der Waals surface area (Å²) in [5, 5.41) is 0.181. The number of hydrogen-bond donors (Lipinski definition) is 0. The molecule has 4 heteroatoms. The van der Waals surface area contributed by atoms with Crippen LogP contribution >= 0.6 is 11.8 Å². The smallest absolute Gasteiger partial charge is 0.194 e. The monoisotopic (exact) mass is 284 g/mol. The van der Waals surface area contributed by atoms with Gasteiger partial charge in [-0.3, -0.25) is 4.79 Å². The van der Waals surface area contributed by atoms with Gasteiger partial charge in [0.1, 0.15) is 10.7 Å². The van der Waals surface area contributed by atoms with E-state index in [4.69, 9.17) is 4.43 Å². The first-order valence-electron chi connectivity index (χ1n) is 6.60. The summed E-state index contributed by atoms with van der Waals surface area (Å²) >= 11 is 1.73. The maximum atomic E-state index is 12.0. The van der Waals surface area contributed by atoms with Crippen LogP contribution in [-0.2, 0) is 9.22 Å². The lowest BCUT2D eigenvalue weighted by Crippen LogP contribution is -2.51. The first-order valence-corrected chi connectivity index (χ1v) is 10.7. The Morgan fingerprint density at radius 1 is 1.39 bits per heavy atom. The van der Waals surface area contributed by atoms with E-state index in [-0.39, 0.29) is 21.8 Å². The predicted molar refractivity (Wildman–Crippen MR) is 80.3 cm³/mol. The summed E-state index contributed by atoms with van der Waals surface area (Å²) in [5.41, 5.74) is 0. The van der Waals surface area contributed by atoms with E-state index in [2.05, 4.69) is 52.3 Å². The van der Waals surface area contributed by atoms with Gasteiger partial charge in [-0.1, -0.05) is 32.9 Å². The fourth-order valence-electron chi connectivity index (χ4n) is 2.64. The molecule has 0 spiro atoms. The van der Waals surface area contributed by atoms with Crippen molar-refractivity contribution < 1.29 is 9.22 Å². The normalized spacial score (nSPS) is 35.6. The maximum Gasteiger partial charge on any atom is 0.194 e. The highest BCUT2D eigenvalue weighted by Crippen LogP contribution is 2.56. The van der Waals surface area contributed by atoms with Crippen molar-refractivity contribution in [3.05, 3.63) is 12.2 Å². The van der Waals surface area contributed by atoms with Crippen molar-refractivity contribution in [1.82, 2.24) is 0 Å². The molecule has 0 N–H and O–H groups in total. The number of thioether (sulfide) groups is 1. The van der Waals surface area contributed by atoms with Crippen molar-refractivity contribution in [2.45, 2.75) is 50.3 Å². The summed E-state index contributed by atoms with van der Waals surface area (Å²) in [6, 6.07) is 0. The third kappa shape index (κ3) is 1.93. The number of fused-ring (bicyclic) bond motifs is 2. The molecule has 0 saturated heterocycles. The molecule has 2 aliphatic carbocycles. The lowest BCUT2D eigenvalue weighted by Gasteiger charge is -2.45. The molecule has 0 aromatic carbocycles. The Balaban J connectivity index is 2.30. The molecule has 0 aromatic rings. The predicted octanol–water partition coefficient (Wildman–Crippen LogP) is 3.84. The van der Waals surface area contributed by atoms with Crippen molar-refractivity contribution in [3.63, 3.8) is 0 Å². The summed E-state index contributed by atoms with van der Waals surface area (Å²) in [7, 11) is -1.85. The molecule has 2 rings (SSSR count). The van der Waals surface area contributed by atoms with Crippen molar-refractivity contribution in [3.8, 4) is 0 Å². The summed E-state index contributed by atoms with van der Waals surface area (Å²) in [6.45, 7) is 11.3. The van der Waals surface area contributed by atoms with E-state index in [1.807, 2.05) is 0 Å². The van der Waals surface area contributed by atoms with E-state index >= 15 is 0 Å². The van der Waals surface area contributed by atoms with Gasteiger partial charge in [0.2, 0.25) is 0 Å². The van der Waals surface area contributed by atoms with Gasteiger partial charge < -0.3 is 4.43 Å². The van der Waals surface area contributed by atoms with Crippen molar-refractivity contribution >= 4 is 25.9 Å². The van der Waals surface area contributed by atoms with Crippen molar-refractivity contribution in [2.24, 2.45) is 11.8 Å². The van der Waals surface area contributed by atoms with Crippen molar-refractivity contribution in [1.29, 1.82) is 0 Å². The number of carbonyl (C=O) groups is 1. The van der Waals surface area contributed by atoms with Crippen LogP contribution in [0.25, 0.3) is 0 Å². The molecule has 0 unspecified atom stereocenters. The van der Waals surface area contributed by atoms with Gasteiger partial charge in [-0.15, -0.1) is 11.8 Å². The highest BCUT2D eigenvalue weighted by atomic mass is 32.2. The van der Waals surface area contributed by atoms with Crippen LogP contribution in [0.4, 0.5) is 0 Å². The Kier molecular flexibility index (Phi) is 3.36. The molecular formula is C14H24O2SSi. The third-order valence-electron chi connectivity index (χ3n) is 4.79. The molecular weight excluding hydrogens is 260 g/mol. The zero-order valence-corrected chi connectivity index (χ0v) is 14.1. The maximum absolute atomic E-state index is 12.0. The quantitative estimate of drug-likeness (QED) is 0.447. The second-order valence-electron chi connectivity index (χ2n) is 6.93. The average molecular weight is 284 g/mol. The summed E-state index contributed by atoms with van der Waals surface area (Å²) in [6.07, 6.45) is 7.01. The lowest BCUT2D eigenvalue weighted by molar-refractivity contribution is -0.120. The Morgan fingerprint density at radius 3 is 2.33 bits per heavy atom. The van der Waals surface area contributed by atoms with Crippen LogP contribution < -0.4 is 0 Å². The summed E-state index contributed by atoms with van der Waals surface area (Å²) in [4.78, 5) is 11.7. The van der Waals surface area contributed by atoms with Gasteiger partial charge in [0.05, 0.1) is 5.92 Å². The largest absolute Gasteiger partial charge is 0.401 e. The van der Waals surface area contributed by atoms with Gasteiger partial charge in [0.15, 0.2) is 8.32 Å². The summed E-state index contributed by atoms with van der Waals surface area (Å²) in [5.74, 6) is 0.612. The van der Waals surface area contributed by atoms with Gasteiger partial charge in [-0.05, 0) is 24.4 Å². The molecule has 3 atom stereocenters. The molecule has 0 aromatic heterocycles. The molecule has 0 heterocycles. The van der Waals surface area contributed by atoms with Crippen LogP contribution in [-0.4, -0.2) is 25.3 Å². The molecule has 0 radical (unpaired) electrons. The van der Waals surface area contributed by atoms with Crippen LogP contribution in [0.2, 0.25) is 18.1 Å². The number of rotatable bonds is 3. The summed E-state index contributed by atoms with van der Waals surface area (Å²) < 4.78 is 6.68. The molecule has 0 amide bonds. The first kappa shape index (κ1) is 14.3. The van der Waals surface area contributed by atoms with Gasteiger partial charge >= 0.3 is 0 Å². The molecule has 2 nitrogen and oxygen atoms in total. The second kappa shape index (κ2) is 4.22. The molecule has 1 fully saturated rings. The number of hydrogen-bond acceptors (Lipinski definition) is 3. The van der Waals surface area contributed by atoms with Crippen LogP contribution in [0.1, 0.15) is 27.2 Å². The van der Waals surface area contributed by atoms with Gasteiger partial charge in [-0.25, -0.2) is 0 Å². The number of carbonyl (C=O) groups excluding carboxylic acids is 1. The average Bonchev–Trinajstić information content (AvgIpc) is 2.67. The van der Waals surface area contributed by atoms with Crippen molar-refractivity contribution in [2.75, 3.05) is 6.26 Å². The minimum absolute atomic E-state index is 0.0216. The minimum Gasteiger partial charge on any atom is -0.401 e. The van der Waals surface area contributed by atoms with E-state index < -0.39 is 8.32 Å². The highest BCUT2D eigenvalue weighted by Gasteiger charge is 2.60. The van der Waals surface area contributed by atoms with Crippen LogP contribution in [0.15, 0.2) is 12.2 Å². The van der Waals surface area contributed by atoms with E-state index in [1.165, 1.54) is 0 Å². The fourth-order valence-corrected chi connectivity index (χ4v) is 5.91. The van der Waals surface area contributed by atoms with Crippen LogP contribution in [0.3, 0.4) is 0 Å². The van der Waals surface area contributed by atoms with E-state index in [0.29, 0.717) is 12.2 Å². The molecule has 0 aliphatic heterocycles. The van der Waals surface area contributed by atoms with Gasteiger partial charge in [0, 0.05) is 12.3 Å². The van der Waals surface area contributed by atoms with Gasteiger partial charge in [0.25, 0.3) is 0 Å². The van der Waals surface area contributed by atoms with E-state index in [1.54, 1.807) is 11.8 Å². The molecule has 18 heavy (non-hydrogen) atoms. The Bertz CT molecular complexity index is 397. The molecule has 2 bridgehead atoms. The first-order chi connectivity index (χ1) is 8.14. The second-order valence-corrected chi connectivity index (χ2v) is 12.7. The zero-order valence-electron chi connectivity index (χ0n) is 12.2. The van der Waals surface area contributed by atoms with E-state index in [9.17, 15) is 4.79 Å². The van der Waals surface area contributed by atoms with Gasteiger partial charge in [-0.2, -0.15) is 0 Å².